The molecule has 9 heteroatoms. The molecule has 0 aromatic heterocycles. The number of hydrogen-bond donors (Lipinski definition) is 5. The average molecular weight is 448 g/mol. The molecule has 1 saturated carbocycles. The van der Waals surface area contributed by atoms with E-state index >= 15 is 0 Å². The van der Waals surface area contributed by atoms with Crippen molar-refractivity contribution in [2.75, 3.05) is 6.54 Å². The van der Waals surface area contributed by atoms with Crippen LogP contribution in [0.1, 0.15) is 72.6 Å². The number of carbonyl (C=O) groups is 2. The van der Waals surface area contributed by atoms with Crippen LogP contribution in [0.25, 0.3) is 0 Å². The Hall–Kier alpha value is -0.950. The van der Waals surface area contributed by atoms with Gasteiger partial charge in [-0.05, 0) is 43.4 Å². The van der Waals surface area contributed by atoms with Crippen LogP contribution in [-0.2, 0) is 14.2 Å². The summed E-state index contributed by atoms with van der Waals surface area (Å²) in [5.41, 5.74) is 5.46. The molecule has 0 spiro atoms. The number of nitrogens with one attached hydrogen (secondary N) is 2. The van der Waals surface area contributed by atoms with Crippen molar-refractivity contribution in [3.05, 3.63) is 0 Å². The fourth-order valence-corrected chi connectivity index (χ4v) is 5.23. The lowest BCUT2D eigenvalue weighted by Crippen LogP contribution is -2.54. The summed E-state index contributed by atoms with van der Waals surface area (Å²) < 4.78 is 11.9. The first-order valence-corrected chi connectivity index (χ1v) is 12.7. The van der Waals surface area contributed by atoms with Gasteiger partial charge in [-0.3, -0.25) is 14.2 Å². The molecule has 1 aliphatic rings. The van der Waals surface area contributed by atoms with Gasteiger partial charge in [0, 0.05) is 12.2 Å². The van der Waals surface area contributed by atoms with Gasteiger partial charge in [-0.2, -0.15) is 0 Å². The third kappa shape index (κ3) is 9.46. The first-order chi connectivity index (χ1) is 14.0. The van der Waals surface area contributed by atoms with E-state index < -0.39 is 31.9 Å². The van der Waals surface area contributed by atoms with Crippen LogP contribution in [0, 0.1) is 17.8 Å². The molecule has 176 valence electrons. The van der Waals surface area contributed by atoms with Gasteiger partial charge in [-0.1, -0.05) is 47.0 Å². The number of aliphatic hydroxyl groups is 1. The molecule has 0 aromatic rings. The van der Waals surface area contributed by atoms with Crippen molar-refractivity contribution < 1.29 is 24.2 Å². The third-order valence-electron chi connectivity index (χ3n) is 5.94. The predicted molar refractivity (Wildman–Crippen MR) is 119 cm³/mol. The smallest absolute Gasteiger partial charge is 0.242 e. The molecule has 5 atom stereocenters. The van der Waals surface area contributed by atoms with Crippen molar-refractivity contribution in [2.24, 2.45) is 23.5 Å². The minimum absolute atomic E-state index is 0.0160. The zero-order valence-electron chi connectivity index (χ0n) is 18.9. The lowest BCUT2D eigenvalue weighted by Gasteiger charge is -2.30. The van der Waals surface area contributed by atoms with Gasteiger partial charge < -0.3 is 26.4 Å². The maximum atomic E-state index is 12.6. The number of nitrogens with two attached hydrogens (primary N) is 1. The van der Waals surface area contributed by atoms with E-state index in [2.05, 4.69) is 10.6 Å². The first-order valence-electron chi connectivity index (χ1n) is 11.3. The molecule has 2 amide bonds. The summed E-state index contributed by atoms with van der Waals surface area (Å²) in [6, 6.07) is -1.43. The fraction of sp³-hybridized carbons (Fsp3) is 0.905. The molecule has 1 aliphatic carbocycles. The Labute approximate surface area is 181 Å². The fourth-order valence-electron chi connectivity index (χ4n) is 4.02. The molecule has 2 unspecified atom stereocenters. The highest BCUT2D eigenvalue weighted by Gasteiger charge is 2.30. The van der Waals surface area contributed by atoms with Gasteiger partial charge in [0.2, 0.25) is 11.8 Å². The van der Waals surface area contributed by atoms with Gasteiger partial charge in [0.05, 0.1) is 12.1 Å². The maximum Gasteiger partial charge on any atom is 0.242 e. The number of amides is 2. The van der Waals surface area contributed by atoms with Gasteiger partial charge in [0.25, 0.3) is 0 Å². The first kappa shape index (κ1) is 27.1. The van der Waals surface area contributed by atoms with E-state index in [1.54, 1.807) is 0 Å². The molecule has 8 nitrogen and oxygen atoms in total. The third-order valence-corrected chi connectivity index (χ3v) is 7.28. The summed E-state index contributed by atoms with van der Waals surface area (Å²) >= 11 is 0. The summed E-state index contributed by atoms with van der Waals surface area (Å²) in [5, 5.41) is 15.8. The second-order valence-corrected chi connectivity index (χ2v) is 10.9. The normalized spacial score (nSPS) is 20.4. The van der Waals surface area contributed by atoms with Crippen molar-refractivity contribution >= 4 is 19.8 Å². The van der Waals surface area contributed by atoms with Crippen molar-refractivity contribution in [3.8, 4) is 0 Å². The molecule has 30 heavy (non-hydrogen) atoms. The molecule has 0 radical (unpaired) electrons. The monoisotopic (exact) mass is 447 g/mol. The van der Waals surface area contributed by atoms with Crippen LogP contribution in [0.4, 0.5) is 0 Å². The van der Waals surface area contributed by atoms with E-state index in [4.69, 9.17) is 5.73 Å². The van der Waals surface area contributed by atoms with E-state index in [9.17, 15) is 24.2 Å². The van der Waals surface area contributed by atoms with Crippen LogP contribution in [0.5, 0.6) is 0 Å². The summed E-state index contributed by atoms with van der Waals surface area (Å²) in [6.07, 6.45) is 4.83. The zero-order chi connectivity index (χ0) is 22.8. The summed E-state index contributed by atoms with van der Waals surface area (Å²) in [6.45, 7) is 7.58. The summed E-state index contributed by atoms with van der Waals surface area (Å²) in [4.78, 5) is 34.7. The van der Waals surface area contributed by atoms with Crippen LogP contribution in [0.15, 0.2) is 0 Å². The van der Waals surface area contributed by atoms with E-state index in [0.717, 1.165) is 32.1 Å². The highest BCUT2D eigenvalue weighted by atomic mass is 31.1. The molecule has 1 rings (SSSR count). The van der Waals surface area contributed by atoms with Crippen molar-refractivity contribution in [2.45, 2.75) is 96.5 Å². The van der Waals surface area contributed by atoms with E-state index in [-0.39, 0.29) is 42.5 Å². The highest BCUT2D eigenvalue weighted by molar-refractivity contribution is 7.38. The number of aliphatic hydroxyl groups excluding tert-OH is 1. The molecule has 0 aromatic carbocycles. The van der Waals surface area contributed by atoms with Crippen molar-refractivity contribution in [3.63, 3.8) is 0 Å². The minimum Gasteiger partial charge on any atom is -0.391 e. The van der Waals surface area contributed by atoms with Gasteiger partial charge >= 0.3 is 0 Å². The van der Waals surface area contributed by atoms with E-state index in [0.29, 0.717) is 6.42 Å². The van der Waals surface area contributed by atoms with Gasteiger partial charge in [0.1, 0.15) is 6.04 Å². The molecule has 0 bridgehead atoms. The standard InChI is InChI=1S/C21H42N3O5P/c1-13(2)10-17(24-21(27)19(22)14(3)4)20(26)23-12-16(25)11-18(30(28)29)15-8-6-5-7-9-15/h13-19,25,30H,5-12,22H2,1-4H3,(H,23,26)(H,24,27)(H,28,29)/t16-,17-,18?,19+/m1/s1. The molecular formula is C21H42N3O5P. The minimum atomic E-state index is -2.76. The maximum absolute atomic E-state index is 12.6. The van der Waals surface area contributed by atoms with Gasteiger partial charge in [-0.25, -0.2) is 0 Å². The van der Waals surface area contributed by atoms with Gasteiger partial charge in [0.15, 0.2) is 8.03 Å². The largest absolute Gasteiger partial charge is 0.391 e. The topological polar surface area (TPSA) is 142 Å². The highest BCUT2D eigenvalue weighted by Crippen LogP contribution is 2.40. The summed E-state index contributed by atoms with van der Waals surface area (Å²) in [7, 11) is -2.76. The lowest BCUT2D eigenvalue weighted by atomic mass is 9.85. The molecule has 1 fully saturated rings. The molecule has 0 heterocycles. The average Bonchev–Trinajstić information content (AvgIpc) is 2.68. The zero-order valence-corrected chi connectivity index (χ0v) is 19.9. The SMILES string of the molecule is CC(C)C[C@@H](NC(=O)[C@@H](N)C(C)C)C(=O)NC[C@H](O)CC(C1CCCCC1)[PH](=O)O. The van der Waals surface area contributed by atoms with E-state index in [1.165, 1.54) is 0 Å². The van der Waals surface area contributed by atoms with Crippen LogP contribution >= 0.6 is 8.03 Å². The number of rotatable bonds is 12. The van der Waals surface area contributed by atoms with Crippen LogP contribution in [0.3, 0.4) is 0 Å². The Balaban J connectivity index is 2.63. The quantitative estimate of drug-likeness (QED) is 0.289. The second kappa shape index (κ2) is 13.5. The lowest BCUT2D eigenvalue weighted by molar-refractivity contribution is -0.130. The van der Waals surface area contributed by atoms with Crippen molar-refractivity contribution in [1.82, 2.24) is 10.6 Å². The van der Waals surface area contributed by atoms with E-state index in [1.807, 2.05) is 27.7 Å². The molecule has 0 saturated heterocycles. The molecular weight excluding hydrogens is 405 g/mol. The van der Waals surface area contributed by atoms with Crippen LogP contribution in [0.2, 0.25) is 0 Å². The van der Waals surface area contributed by atoms with Crippen LogP contribution < -0.4 is 16.4 Å². The van der Waals surface area contributed by atoms with Crippen LogP contribution in [-0.4, -0.2) is 52.2 Å². The Bertz CT molecular complexity index is 567. The Morgan fingerprint density at radius 1 is 1.07 bits per heavy atom. The number of carbonyl (C=O) groups excluding carboxylic acids is 2. The summed E-state index contributed by atoms with van der Waals surface area (Å²) in [5.74, 6) is -0.462. The Morgan fingerprint density at radius 2 is 1.67 bits per heavy atom. The Morgan fingerprint density at radius 3 is 2.17 bits per heavy atom. The number of hydrogen-bond acceptors (Lipinski definition) is 5. The predicted octanol–water partition coefficient (Wildman–Crippen LogP) is 1.78. The Kier molecular flexibility index (Phi) is 12.2. The molecule has 0 aliphatic heterocycles. The van der Waals surface area contributed by atoms with Crippen molar-refractivity contribution in [1.29, 1.82) is 0 Å². The molecule has 6 N–H and O–H groups in total. The van der Waals surface area contributed by atoms with Gasteiger partial charge in [-0.15, -0.1) is 0 Å². The second-order valence-electron chi connectivity index (χ2n) is 9.44.